The van der Waals surface area contributed by atoms with E-state index >= 15 is 0 Å². The predicted molar refractivity (Wildman–Crippen MR) is 100.0 cm³/mol. The highest BCUT2D eigenvalue weighted by molar-refractivity contribution is 5.76. The molecule has 132 valence electrons. The van der Waals surface area contributed by atoms with Crippen LogP contribution in [0.3, 0.4) is 0 Å². The van der Waals surface area contributed by atoms with Crippen molar-refractivity contribution in [3.63, 3.8) is 0 Å². The van der Waals surface area contributed by atoms with E-state index < -0.39 is 0 Å². The van der Waals surface area contributed by atoms with Crippen molar-refractivity contribution in [2.75, 3.05) is 7.11 Å². The molecule has 0 N–H and O–H groups in total. The maximum absolute atomic E-state index is 11.0. The lowest BCUT2D eigenvalue weighted by atomic mass is 10.2. The summed E-state index contributed by atoms with van der Waals surface area (Å²) in [7, 11) is 1.58. The highest BCUT2D eigenvalue weighted by Gasteiger charge is 2.06. The molecule has 0 unspecified atom stereocenters. The second kappa shape index (κ2) is 7.65. The third-order valence-corrected chi connectivity index (χ3v) is 3.99. The SMILES string of the molecule is COc1cc(C=O)ccc1-n1cnc(C)c1.O=c1cccc2n1CC=C2. The van der Waals surface area contributed by atoms with Gasteiger partial charge in [0.15, 0.2) is 0 Å². The smallest absolute Gasteiger partial charge is 0.251 e. The molecule has 4 rings (SSSR count). The number of imidazole rings is 1. The Labute approximate surface area is 151 Å². The monoisotopic (exact) mass is 349 g/mol. The molecule has 0 saturated carbocycles. The number of aryl methyl sites for hydroxylation is 1. The van der Waals surface area contributed by atoms with Crippen LogP contribution in [0.2, 0.25) is 0 Å². The molecule has 0 radical (unpaired) electrons. The first-order valence-corrected chi connectivity index (χ1v) is 8.13. The molecule has 26 heavy (non-hydrogen) atoms. The molecule has 1 aliphatic rings. The lowest BCUT2D eigenvalue weighted by Gasteiger charge is -2.09. The Bertz CT molecular complexity index is 1020. The summed E-state index contributed by atoms with van der Waals surface area (Å²) in [5.74, 6) is 0.655. The van der Waals surface area contributed by atoms with Gasteiger partial charge in [-0.25, -0.2) is 4.98 Å². The first kappa shape index (κ1) is 17.4. The fourth-order valence-corrected chi connectivity index (χ4v) is 2.69. The maximum Gasteiger partial charge on any atom is 0.251 e. The summed E-state index contributed by atoms with van der Waals surface area (Å²) in [6.07, 6.45) is 8.36. The molecule has 6 nitrogen and oxygen atoms in total. The number of aldehydes is 1. The molecule has 0 atom stereocenters. The van der Waals surface area contributed by atoms with E-state index in [1.807, 2.05) is 42.0 Å². The summed E-state index contributed by atoms with van der Waals surface area (Å²) in [5.41, 5.74) is 3.49. The molecule has 3 heterocycles. The molecule has 6 heteroatoms. The van der Waals surface area contributed by atoms with E-state index in [1.165, 1.54) is 0 Å². The third-order valence-electron chi connectivity index (χ3n) is 3.99. The van der Waals surface area contributed by atoms with Gasteiger partial charge in [-0.3, -0.25) is 9.59 Å². The molecular weight excluding hydrogens is 330 g/mol. The average molecular weight is 349 g/mol. The first-order chi connectivity index (χ1) is 12.6. The Balaban J connectivity index is 0.000000167. The van der Waals surface area contributed by atoms with E-state index in [0.717, 1.165) is 29.9 Å². The number of aromatic nitrogens is 3. The zero-order valence-electron chi connectivity index (χ0n) is 14.6. The van der Waals surface area contributed by atoms with Crippen molar-refractivity contribution in [3.05, 3.63) is 82.3 Å². The van der Waals surface area contributed by atoms with Crippen LogP contribution in [0.1, 0.15) is 21.7 Å². The van der Waals surface area contributed by atoms with Crippen molar-refractivity contribution in [2.45, 2.75) is 13.5 Å². The quantitative estimate of drug-likeness (QED) is 0.682. The lowest BCUT2D eigenvalue weighted by molar-refractivity contribution is 0.112. The highest BCUT2D eigenvalue weighted by Crippen LogP contribution is 2.23. The van der Waals surface area contributed by atoms with Crippen molar-refractivity contribution < 1.29 is 9.53 Å². The van der Waals surface area contributed by atoms with Gasteiger partial charge in [-0.2, -0.15) is 0 Å². The van der Waals surface area contributed by atoms with Crippen molar-refractivity contribution in [1.29, 1.82) is 0 Å². The van der Waals surface area contributed by atoms with Crippen LogP contribution in [0.5, 0.6) is 5.75 Å². The van der Waals surface area contributed by atoms with Crippen LogP contribution in [0, 0.1) is 6.92 Å². The van der Waals surface area contributed by atoms with Crippen LogP contribution in [-0.2, 0) is 6.54 Å². The predicted octanol–water partition coefficient (Wildman–Crippen LogP) is 2.88. The molecular formula is C20H19N3O3. The van der Waals surface area contributed by atoms with Crippen LogP contribution >= 0.6 is 0 Å². The number of ether oxygens (including phenoxy) is 1. The fourth-order valence-electron chi connectivity index (χ4n) is 2.69. The summed E-state index contributed by atoms with van der Waals surface area (Å²) >= 11 is 0. The molecule has 0 bridgehead atoms. The Hall–Kier alpha value is -3.41. The number of hydrogen-bond donors (Lipinski definition) is 0. The van der Waals surface area contributed by atoms with Crippen LogP contribution in [0.4, 0.5) is 0 Å². The number of allylic oxidation sites excluding steroid dienone is 1. The van der Waals surface area contributed by atoms with Gasteiger partial charge in [0.25, 0.3) is 5.56 Å². The summed E-state index contributed by atoms with van der Waals surface area (Å²) in [4.78, 5) is 25.8. The average Bonchev–Trinajstić information content (AvgIpc) is 3.31. The fraction of sp³-hybridized carbons (Fsp3) is 0.150. The van der Waals surface area contributed by atoms with Crippen molar-refractivity contribution in [2.24, 2.45) is 0 Å². The van der Waals surface area contributed by atoms with Crippen LogP contribution in [0.25, 0.3) is 11.8 Å². The largest absolute Gasteiger partial charge is 0.495 e. The second-order valence-electron chi connectivity index (χ2n) is 5.77. The summed E-state index contributed by atoms with van der Waals surface area (Å²) in [6.45, 7) is 2.65. The van der Waals surface area contributed by atoms with Crippen molar-refractivity contribution in [1.82, 2.24) is 14.1 Å². The van der Waals surface area contributed by atoms with Crippen LogP contribution < -0.4 is 10.3 Å². The van der Waals surface area contributed by atoms with Crippen LogP contribution in [-0.4, -0.2) is 27.5 Å². The Morgan fingerprint density at radius 3 is 2.73 bits per heavy atom. The zero-order valence-corrected chi connectivity index (χ0v) is 14.6. The minimum Gasteiger partial charge on any atom is -0.495 e. The van der Waals surface area contributed by atoms with Crippen LogP contribution in [0.15, 0.2) is 59.8 Å². The molecule has 1 aromatic carbocycles. The molecule has 0 aliphatic carbocycles. The Morgan fingerprint density at radius 2 is 2.08 bits per heavy atom. The number of carbonyl (C=O) groups is 1. The van der Waals surface area contributed by atoms with Crippen molar-refractivity contribution in [3.8, 4) is 11.4 Å². The lowest BCUT2D eigenvalue weighted by Crippen LogP contribution is -2.17. The van der Waals surface area contributed by atoms with Gasteiger partial charge < -0.3 is 13.9 Å². The minimum absolute atomic E-state index is 0.0856. The number of carbonyl (C=O) groups excluding carboxylic acids is 1. The van der Waals surface area contributed by atoms with E-state index in [2.05, 4.69) is 4.98 Å². The first-order valence-electron chi connectivity index (χ1n) is 8.13. The molecule has 0 spiro atoms. The Kier molecular flexibility index (Phi) is 5.12. The third kappa shape index (κ3) is 3.64. The highest BCUT2D eigenvalue weighted by atomic mass is 16.5. The van der Waals surface area contributed by atoms with E-state index in [0.29, 0.717) is 11.3 Å². The number of hydrogen-bond acceptors (Lipinski definition) is 4. The minimum atomic E-state index is 0.0856. The topological polar surface area (TPSA) is 66.1 Å². The molecule has 1 aliphatic heterocycles. The summed E-state index contributed by atoms with van der Waals surface area (Å²) in [6, 6.07) is 10.6. The number of benzene rings is 1. The van der Waals surface area contributed by atoms with Gasteiger partial charge in [-0.05, 0) is 37.3 Å². The number of nitrogens with zero attached hydrogens (tertiary/aromatic N) is 3. The van der Waals surface area contributed by atoms with Gasteiger partial charge in [0.1, 0.15) is 12.0 Å². The van der Waals surface area contributed by atoms with Gasteiger partial charge in [-0.15, -0.1) is 0 Å². The summed E-state index contributed by atoms with van der Waals surface area (Å²) in [5, 5.41) is 0. The number of fused-ring (bicyclic) bond motifs is 1. The maximum atomic E-state index is 11.0. The molecule has 0 saturated heterocycles. The molecule has 3 aromatic rings. The van der Waals surface area contributed by atoms with E-state index in [4.69, 9.17) is 4.74 Å². The van der Waals surface area contributed by atoms with E-state index in [1.54, 1.807) is 42.3 Å². The molecule has 2 aromatic heterocycles. The number of methoxy groups -OCH3 is 1. The van der Waals surface area contributed by atoms with Gasteiger partial charge in [0.2, 0.25) is 0 Å². The standard InChI is InChI=1S/C12H12N2O2.C8H7NO/c1-9-6-14(8-13-9)11-4-3-10(7-15)5-12(11)16-2;10-8-5-1-3-7-4-2-6-9(7)8/h3-8H,1-2H3;1-5H,6H2. The van der Waals surface area contributed by atoms with Gasteiger partial charge >= 0.3 is 0 Å². The number of rotatable bonds is 3. The summed E-state index contributed by atoms with van der Waals surface area (Å²) < 4.78 is 8.84. The molecule has 0 fully saturated rings. The van der Waals surface area contributed by atoms with Gasteiger partial charge in [-0.1, -0.05) is 12.1 Å². The van der Waals surface area contributed by atoms with Crippen molar-refractivity contribution >= 4 is 12.4 Å². The zero-order chi connectivity index (χ0) is 18.5. The van der Waals surface area contributed by atoms with Gasteiger partial charge in [0.05, 0.1) is 24.8 Å². The second-order valence-corrected chi connectivity index (χ2v) is 5.77. The van der Waals surface area contributed by atoms with Gasteiger partial charge in [0, 0.05) is 30.1 Å². The Morgan fingerprint density at radius 1 is 1.23 bits per heavy atom. The van der Waals surface area contributed by atoms with E-state index in [-0.39, 0.29) is 5.56 Å². The van der Waals surface area contributed by atoms with E-state index in [9.17, 15) is 9.59 Å². The number of pyridine rings is 1. The normalized spacial score (nSPS) is 11.5. The molecule has 0 amide bonds.